The van der Waals surface area contributed by atoms with Gasteiger partial charge in [-0.25, -0.2) is 0 Å². The van der Waals surface area contributed by atoms with Gasteiger partial charge in [0.25, 0.3) is 0 Å². The molecule has 0 bridgehead atoms. The highest BCUT2D eigenvalue weighted by Crippen LogP contribution is 2.24. The van der Waals surface area contributed by atoms with Gasteiger partial charge >= 0.3 is 5.97 Å². The summed E-state index contributed by atoms with van der Waals surface area (Å²) in [4.78, 5) is 12.3. The van der Waals surface area contributed by atoms with Gasteiger partial charge in [-0.3, -0.25) is 4.79 Å². The summed E-state index contributed by atoms with van der Waals surface area (Å²) in [6, 6.07) is 0. The van der Waals surface area contributed by atoms with Crippen LogP contribution in [-0.2, 0) is 18.3 Å². The van der Waals surface area contributed by atoms with Gasteiger partial charge in [-0.2, -0.15) is 4.80 Å². The summed E-state index contributed by atoms with van der Waals surface area (Å²) in [7, 11) is 1.65. The molecule has 1 aromatic rings. The first-order valence-corrected chi connectivity index (χ1v) is 4.44. The summed E-state index contributed by atoms with van der Waals surface area (Å²) in [5.74, 6) is -0.355. The van der Waals surface area contributed by atoms with Gasteiger partial charge in [0.1, 0.15) is 0 Å². The number of aliphatic carboxylic acids is 1. The number of hydrogen-bond donors (Lipinski definition) is 1. The molecule has 0 spiro atoms. The van der Waals surface area contributed by atoms with Crippen LogP contribution in [0.3, 0.4) is 0 Å². The zero-order valence-corrected chi connectivity index (χ0v) is 8.56. The summed E-state index contributed by atoms with van der Waals surface area (Å²) in [6.07, 6.45) is 0.854. The molecule has 0 radical (unpaired) electrons. The molecule has 1 rings (SSSR count). The van der Waals surface area contributed by atoms with Crippen LogP contribution in [0.5, 0.6) is 0 Å². The molecule has 1 heterocycles. The number of carbonyl (C=O) groups is 1. The Kier molecular flexibility index (Phi) is 2.83. The van der Waals surface area contributed by atoms with E-state index in [0.717, 1.165) is 0 Å². The predicted molar refractivity (Wildman–Crippen MR) is 48.5 cm³/mol. The summed E-state index contributed by atoms with van der Waals surface area (Å²) >= 11 is 0. The summed E-state index contributed by atoms with van der Waals surface area (Å²) in [5, 5.41) is 20.4. The molecule has 78 valence electrons. The van der Waals surface area contributed by atoms with Gasteiger partial charge in [0.2, 0.25) is 0 Å². The Morgan fingerprint density at radius 1 is 1.64 bits per heavy atom. The number of carboxylic acid groups (broad SMARTS) is 1. The summed E-state index contributed by atoms with van der Waals surface area (Å²) in [6.45, 7) is 3.52. The molecule has 0 aliphatic rings. The molecule has 0 aliphatic carbocycles. The minimum Gasteiger partial charge on any atom is -0.481 e. The monoisotopic (exact) mass is 198 g/mol. The number of aryl methyl sites for hydroxylation is 1. The molecular weight excluding hydrogens is 184 g/mol. The van der Waals surface area contributed by atoms with Crippen LogP contribution in [0.4, 0.5) is 0 Å². The molecule has 1 atom stereocenters. The highest BCUT2D eigenvalue weighted by Gasteiger charge is 2.32. The minimum absolute atomic E-state index is 0.312. The van der Waals surface area contributed by atoms with Gasteiger partial charge < -0.3 is 5.11 Å². The van der Waals surface area contributed by atoms with Crippen molar-refractivity contribution < 1.29 is 9.90 Å². The van der Waals surface area contributed by atoms with E-state index < -0.39 is 11.4 Å². The smallest absolute Gasteiger partial charge is 0.309 e. The van der Waals surface area contributed by atoms with E-state index in [1.54, 1.807) is 14.0 Å². The number of carboxylic acids is 1. The number of aromatic nitrogens is 4. The van der Waals surface area contributed by atoms with E-state index in [9.17, 15) is 4.79 Å². The fraction of sp³-hybridized carbons (Fsp3) is 0.750. The van der Waals surface area contributed by atoms with E-state index in [4.69, 9.17) is 5.11 Å². The normalized spacial score (nSPS) is 15.1. The Labute approximate surface area is 81.9 Å². The molecule has 6 heteroatoms. The fourth-order valence-corrected chi connectivity index (χ4v) is 1.09. The maximum absolute atomic E-state index is 11.0. The van der Waals surface area contributed by atoms with Crippen molar-refractivity contribution in [3.05, 3.63) is 5.82 Å². The second kappa shape index (κ2) is 3.73. The van der Waals surface area contributed by atoms with Crippen molar-refractivity contribution >= 4 is 5.97 Å². The maximum Gasteiger partial charge on any atom is 0.309 e. The molecule has 1 N–H and O–H groups in total. The lowest BCUT2D eigenvalue weighted by Crippen LogP contribution is -2.29. The van der Waals surface area contributed by atoms with Crippen LogP contribution in [-0.4, -0.2) is 31.3 Å². The zero-order valence-electron chi connectivity index (χ0n) is 8.56. The Balaban J connectivity index is 2.80. The topological polar surface area (TPSA) is 80.9 Å². The first-order chi connectivity index (χ1) is 6.48. The van der Waals surface area contributed by atoms with Crippen molar-refractivity contribution in [3.63, 3.8) is 0 Å². The van der Waals surface area contributed by atoms with Gasteiger partial charge in [0.15, 0.2) is 5.82 Å². The number of rotatable bonds is 4. The molecule has 0 aromatic carbocycles. The van der Waals surface area contributed by atoms with Crippen LogP contribution in [0.2, 0.25) is 0 Å². The average molecular weight is 198 g/mol. The molecule has 0 aliphatic heterocycles. The SMILES string of the molecule is CCC(C)(Cc1nnn(C)n1)C(=O)O. The van der Waals surface area contributed by atoms with Gasteiger partial charge in [0.05, 0.1) is 12.5 Å². The minimum atomic E-state index is -0.826. The van der Waals surface area contributed by atoms with E-state index in [2.05, 4.69) is 15.4 Å². The van der Waals surface area contributed by atoms with E-state index in [1.807, 2.05) is 6.92 Å². The lowest BCUT2D eigenvalue weighted by Gasteiger charge is -2.20. The van der Waals surface area contributed by atoms with E-state index in [0.29, 0.717) is 18.7 Å². The van der Waals surface area contributed by atoms with Crippen molar-refractivity contribution in [3.8, 4) is 0 Å². The first kappa shape index (κ1) is 10.6. The lowest BCUT2D eigenvalue weighted by molar-refractivity contribution is -0.148. The van der Waals surface area contributed by atoms with E-state index in [-0.39, 0.29) is 0 Å². The van der Waals surface area contributed by atoms with Crippen molar-refractivity contribution in [2.75, 3.05) is 0 Å². The molecule has 14 heavy (non-hydrogen) atoms. The number of tetrazole rings is 1. The van der Waals surface area contributed by atoms with Gasteiger partial charge in [-0.15, -0.1) is 10.2 Å². The average Bonchev–Trinajstić information content (AvgIpc) is 2.50. The standard InChI is InChI=1S/C8H14N4O2/c1-4-8(2,7(13)14)5-6-9-11-12(3)10-6/h4-5H2,1-3H3,(H,13,14). The van der Waals surface area contributed by atoms with Crippen molar-refractivity contribution in [1.82, 2.24) is 20.2 Å². The first-order valence-electron chi connectivity index (χ1n) is 4.44. The molecule has 1 aromatic heterocycles. The van der Waals surface area contributed by atoms with Crippen LogP contribution in [0.25, 0.3) is 0 Å². The maximum atomic E-state index is 11.0. The van der Waals surface area contributed by atoms with Gasteiger partial charge in [0, 0.05) is 6.42 Å². The quantitative estimate of drug-likeness (QED) is 0.750. The zero-order chi connectivity index (χ0) is 10.8. The van der Waals surface area contributed by atoms with Gasteiger partial charge in [-0.05, 0) is 18.6 Å². The second-order valence-corrected chi connectivity index (χ2v) is 3.59. The van der Waals surface area contributed by atoms with Crippen LogP contribution < -0.4 is 0 Å². The van der Waals surface area contributed by atoms with Crippen molar-refractivity contribution in [1.29, 1.82) is 0 Å². The largest absolute Gasteiger partial charge is 0.481 e. The van der Waals surface area contributed by atoms with Crippen molar-refractivity contribution in [2.45, 2.75) is 26.7 Å². The molecule has 0 saturated carbocycles. The highest BCUT2D eigenvalue weighted by atomic mass is 16.4. The molecule has 0 fully saturated rings. The number of nitrogens with zero attached hydrogens (tertiary/aromatic N) is 4. The van der Waals surface area contributed by atoms with Crippen LogP contribution >= 0.6 is 0 Å². The Bertz CT molecular complexity index is 336. The Morgan fingerprint density at radius 2 is 2.29 bits per heavy atom. The molecule has 0 saturated heterocycles. The van der Waals surface area contributed by atoms with Crippen LogP contribution in [0.1, 0.15) is 26.1 Å². The number of hydrogen-bond acceptors (Lipinski definition) is 4. The Hall–Kier alpha value is -1.46. The molecule has 0 amide bonds. The van der Waals surface area contributed by atoms with Gasteiger partial charge in [-0.1, -0.05) is 6.92 Å². The molecule has 1 unspecified atom stereocenters. The third kappa shape index (κ3) is 2.07. The second-order valence-electron chi connectivity index (χ2n) is 3.59. The summed E-state index contributed by atoms with van der Waals surface area (Å²) in [5.41, 5.74) is -0.803. The molecule has 6 nitrogen and oxygen atoms in total. The van der Waals surface area contributed by atoms with E-state index in [1.165, 1.54) is 4.80 Å². The van der Waals surface area contributed by atoms with Crippen LogP contribution in [0, 0.1) is 5.41 Å². The van der Waals surface area contributed by atoms with Crippen LogP contribution in [0.15, 0.2) is 0 Å². The molecular formula is C8H14N4O2. The lowest BCUT2D eigenvalue weighted by atomic mass is 9.84. The van der Waals surface area contributed by atoms with E-state index >= 15 is 0 Å². The fourth-order valence-electron chi connectivity index (χ4n) is 1.09. The third-order valence-electron chi connectivity index (χ3n) is 2.39. The predicted octanol–water partition coefficient (Wildman–Crippen LogP) is 0.254. The van der Waals surface area contributed by atoms with Crippen molar-refractivity contribution in [2.24, 2.45) is 12.5 Å². The summed E-state index contributed by atoms with van der Waals surface area (Å²) < 4.78 is 0. The highest BCUT2D eigenvalue weighted by molar-refractivity contribution is 5.74. The Morgan fingerprint density at radius 3 is 2.64 bits per heavy atom. The third-order valence-corrected chi connectivity index (χ3v) is 2.39.